The van der Waals surface area contributed by atoms with Crippen LogP contribution in [0.2, 0.25) is 0 Å². The molecule has 0 unspecified atom stereocenters. The number of ether oxygens (including phenoxy) is 1. The van der Waals surface area contributed by atoms with Crippen LogP contribution in [0.1, 0.15) is 19.4 Å². The molecule has 0 aliphatic carbocycles. The highest BCUT2D eigenvalue weighted by Gasteiger charge is 2.14. The van der Waals surface area contributed by atoms with Crippen molar-refractivity contribution in [3.05, 3.63) is 35.5 Å². The van der Waals surface area contributed by atoms with Crippen molar-refractivity contribution < 1.29 is 4.74 Å². The van der Waals surface area contributed by atoms with E-state index in [4.69, 9.17) is 4.74 Å². The number of fused-ring (bicyclic) bond motifs is 1. The van der Waals surface area contributed by atoms with Crippen molar-refractivity contribution in [3.63, 3.8) is 0 Å². The summed E-state index contributed by atoms with van der Waals surface area (Å²) in [4.78, 5) is 0. The molecule has 1 aliphatic rings. The summed E-state index contributed by atoms with van der Waals surface area (Å²) in [6.07, 6.45) is 2.09. The number of hydrogen-bond acceptors (Lipinski definition) is 1. The second-order valence-electron chi connectivity index (χ2n) is 4.02. The van der Waals surface area contributed by atoms with E-state index in [1.807, 2.05) is 0 Å². The molecule has 0 aromatic heterocycles. The molecule has 0 amide bonds. The van der Waals surface area contributed by atoms with Crippen LogP contribution in [0.15, 0.2) is 29.9 Å². The lowest BCUT2D eigenvalue weighted by Gasteiger charge is -2.08. The quantitative estimate of drug-likeness (QED) is 0.654. The van der Waals surface area contributed by atoms with Gasteiger partial charge < -0.3 is 4.74 Å². The third-order valence-electron chi connectivity index (χ3n) is 2.17. The summed E-state index contributed by atoms with van der Waals surface area (Å²) in [6, 6.07) is 8.32. The summed E-state index contributed by atoms with van der Waals surface area (Å²) in [7, 11) is 2.09. The maximum Gasteiger partial charge on any atom is 0.240 e. The summed E-state index contributed by atoms with van der Waals surface area (Å²) in [6.45, 7) is 5.10. The zero-order valence-electron chi connectivity index (χ0n) is 8.66. The van der Waals surface area contributed by atoms with Crippen molar-refractivity contribution >= 4 is 18.8 Å². The van der Waals surface area contributed by atoms with Crippen molar-refractivity contribution in [2.24, 2.45) is 5.92 Å². The molecule has 1 aromatic rings. The van der Waals surface area contributed by atoms with E-state index in [-0.39, 0.29) is 0 Å². The maximum absolute atomic E-state index is 5.65. The molecule has 0 saturated heterocycles. The summed E-state index contributed by atoms with van der Waals surface area (Å²) in [5.74, 6) is 0.577. The molecule has 1 radical (unpaired) electrons. The van der Waals surface area contributed by atoms with Gasteiger partial charge in [0.05, 0.1) is 12.3 Å². The van der Waals surface area contributed by atoms with Crippen molar-refractivity contribution in [2.45, 2.75) is 13.8 Å². The Bertz CT molecular complexity index is 355. The average molecular weight is 185 g/mol. The topological polar surface area (TPSA) is 9.23 Å². The Morgan fingerprint density at radius 2 is 2.07 bits per heavy atom. The van der Waals surface area contributed by atoms with Gasteiger partial charge in [-0.3, -0.25) is 0 Å². The molecular formula is C12H14BO. The van der Waals surface area contributed by atoms with Crippen LogP contribution >= 0.6 is 0 Å². The summed E-state index contributed by atoms with van der Waals surface area (Å²) in [5.41, 5.74) is 3.50. The predicted octanol–water partition coefficient (Wildman–Crippen LogP) is 2.00. The van der Waals surface area contributed by atoms with Gasteiger partial charge in [0.15, 0.2) is 0 Å². The summed E-state index contributed by atoms with van der Waals surface area (Å²) >= 11 is 0. The lowest BCUT2D eigenvalue weighted by Crippen LogP contribution is -2.15. The summed E-state index contributed by atoms with van der Waals surface area (Å²) in [5, 5.41) is 0. The van der Waals surface area contributed by atoms with Crippen molar-refractivity contribution in [2.75, 3.05) is 6.61 Å². The minimum atomic E-state index is 0.577. The van der Waals surface area contributed by atoms with Gasteiger partial charge in [0.1, 0.15) is 0 Å². The number of rotatable bonds is 3. The first-order valence-corrected chi connectivity index (χ1v) is 5.04. The Morgan fingerprint density at radius 3 is 2.79 bits per heavy atom. The van der Waals surface area contributed by atoms with Gasteiger partial charge in [-0.1, -0.05) is 43.6 Å². The fourth-order valence-electron chi connectivity index (χ4n) is 1.47. The second kappa shape index (κ2) is 3.91. The molecule has 2 heteroatoms. The molecule has 0 spiro atoms. The van der Waals surface area contributed by atoms with Gasteiger partial charge in [-0.05, 0) is 17.6 Å². The molecule has 14 heavy (non-hydrogen) atoms. The SMILES string of the molecule is CC(C)COC1=Cc2ccccc2[B]1. The van der Waals surface area contributed by atoms with E-state index < -0.39 is 0 Å². The van der Waals surface area contributed by atoms with Crippen LogP contribution in [0.4, 0.5) is 0 Å². The largest absolute Gasteiger partial charge is 0.508 e. The lowest BCUT2D eigenvalue weighted by molar-refractivity contribution is 0.202. The molecule has 1 aliphatic heterocycles. The maximum atomic E-state index is 5.65. The van der Waals surface area contributed by atoms with Gasteiger partial charge >= 0.3 is 0 Å². The van der Waals surface area contributed by atoms with Crippen LogP contribution in [0.5, 0.6) is 0 Å². The van der Waals surface area contributed by atoms with E-state index in [1.165, 1.54) is 11.0 Å². The Hall–Kier alpha value is -1.18. The Kier molecular flexibility index (Phi) is 2.62. The molecule has 0 bridgehead atoms. The predicted molar refractivity (Wildman–Crippen MR) is 60.6 cm³/mol. The van der Waals surface area contributed by atoms with E-state index in [9.17, 15) is 0 Å². The Morgan fingerprint density at radius 1 is 1.29 bits per heavy atom. The van der Waals surface area contributed by atoms with E-state index in [2.05, 4.69) is 51.5 Å². The normalized spacial score (nSPS) is 13.5. The minimum absolute atomic E-state index is 0.577. The highest BCUT2D eigenvalue weighted by atomic mass is 16.5. The number of benzene rings is 1. The van der Waals surface area contributed by atoms with Crippen molar-refractivity contribution in [1.29, 1.82) is 0 Å². The van der Waals surface area contributed by atoms with E-state index in [0.717, 1.165) is 12.3 Å². The average Bonchev–Trinajstić information content (AvgIpc) is 2.57. The van der Waals surface area contributed by atoms with Gasteiger partial charge in [0, 0.05) is 0 Å². The number of hydrogen-bond donors (Lipinski definition) is 0. The molecule has 1 aromatic carbocycles. The van der Waals surface area contributed by atoms with Crippen LogP contribution in [0.3, 0.4) is 0 Å². The molecule has 2 rings (SSSR count). The minimum Gasteiger partial charge on any atom is -0.508 e. The smallest absolute Gasteiger partial charge is 0.240 e. The monoisotopic (exact) mass is 185 g/mol. The molecule has 0 fully saturated rings. The fourth-order valence-corrected chi connectivity index (χ4v) is 1.47. The first-order chi connectivity index (χ1) is 6.75. The first kappa shape index (κ1) is 9.38. The first-order valence-electron chi connectivity index (χ1n) is 5.04. The van der Waals surface area contributed by atoms with Crippen LogP contribution in [-0.2, 0) is 4.74 Å². The third-order valence-corrected chi connectivity index (χ3v) is 2.17. The van der Waals surface area contributed by atoms with Gasteiger partial charge in [-0.15, -0.1) is 0 Å². The van der Waals surface area contributed by atoms with Gasteiger partial charge in [-0.25, -0.2) is 0 Å². The van der Waals surface area contributed by atoms with Gasteiger partial charge in [-0.2, -0.15) is 0 Å². The molecule has 71 valence electrons. The standard InChI is InChI=1S/C12H14BO/c1-9(2)8-14-12-7-10-5-3-4-6-11(10)13-12/h3-7,9H,8H2,1-2H3. The molecule has 0 atom stereocenters. The van der Waals surface area contributed by atoms with Gasteiger partial charge in [0.25, 0.3) is 0 Å². The lowest BCUT2D eigenvalue weighted by atomic mass is 9.71. The fraction of sp³-hybridized carbons (Fsp3) is 0.333. The van der Waals surface area contributed by atoms with E-state index in [1.54, 1.807) is 0 Å². The molecule has 0 saturated carbocycles. The highest BCUT2D eigenvalue weighted by molar-refractivity contribution is 6.64. The van der Waals surface area contributed by atoms with Gasteiger partial charge in [0.2, 0.25) is 7.28 Å². The second-order valence-corrected chi connectivity index (χ2v) is 4.02. The molecule has 1 nitrogen and oxygen atoms in total. The van der Waals surface area contributed by atoms with Crippen LogP contribution in [0.25, 0.3) is 6.08 Å². The third kappa shape index (κ3) is 2.01. The molecule has 0 N–H and O–H groups in total. The highest BCUT2D eigenvalue weighted by Crippen LogP contribution is 2.13. The van der Waals surface area contributed by atoms with Crippen molar-refractivity contribution in [1.82, 2.24) is 0 Å². The Balaban J connectivity index is 2.01. The van der Waals surface area contributed by atoms with Crippen LogP contribution in [-0.4, -0.2) is 13.9 Å². The molecular weight excluding hydrogens is 171 g/mol. The van der Waals surface area contributed by atoms with Crippen LogP contribution in [0, 0.1) is 5.92 Å². The zero-order valence-corrected chi connectivity index (χ0v) is 8.66. The van der Waals surface area contributed by atoms with Crippen LogP contribution < -0.4 is 5.46 Å². The van der Waals surface area contributed by atoms with Crippen molar-refractivity contribution in [3.8, 4) is 0 Å². The summed E-state index contributed by atoms with van der Waals surface area (Å²) < 4.78 is 5.65. The zero-order chi connectivity index (χ0) is 9.97. The van der Waals surface area contributed by atoms with E-state index >= 15 is 0 Å². The Labute approximate surface area is 86.0 Å². The molecule has 1 heterocycles. The van der Waals surface area contributed by atoms with E-state index in [0.29, 0.717) is 5.92 Å².